The van der Waals surface area contributed by atoms with Crippen molar-refractivity contribution < 1.29 is 9.59 Å². The lowest BCUT2D eigenvalue weighted by Gasteiger charge is -2.19. The molecule has 20 heavy (non-hydrogen) atoms. The highest BCUT2D eigenvalue weighted by atomic mass is 35.5. The van der Waals surface area contributed by atoms with Crippen LogP contribution in [-0.4, -0.2) is 11.8 Å². The van der Waals surface area contributed by atoms with Crippen molar-refractivity contribution in [3.05, 3.63) is 28.2 Å². The summed E-state index contributed by atoms with van der Waals surface area (Å²) < 4.78 is 0. The summed E-state index contributed by atoms with van der Waals surface area (Å²) in [7, 11) is 0. The number of carbonyl (C=O) groups excluding carboxylic acids is 2. The fourth-order valence-electron chi connectivity index (χ4n) is 4.31. The molecule has 0 N–H and O–H groups in total. The second-order valence-corrected chi connectivity index (χ2v) is 6.84. The van der Waals surface area contributed by atoms with Crippen LogP contribution in [0, 0.1) is 23.7 Å². The normalized spacial score (nSPS) is 35.0. The van der Waals surface area contributed by atoms with Crippen molar-refractivity contribution in [2.75, 3.05) is 4.90 Å². The van der Waals surface area contributed by atoms with E-state index in [1.807, 2.05) is 0 Å². The van der Waals surface area contributed by atoms with Crippen LogP contribution in [-0.2, 0) is 9.59 Å². The fourth-order valence-corrected chi connectivity index (χ4v) is 4.80. The van der Waals surface area contributed by atoms with E-state index >= 15 is 0 Å². The van der Waals surface area contributed by atoms with E-state index in [0.717, 1.165) is 19.3 Å². The predicted octanol–water partition coefficient (Wildman–Crippen LogP) is 3.53. The number of imide groups is 1. The third-order valence-corrected chi connectivity index (χ3v) is 5.62. The quantitative estimate of drug-likeness (QED) is 0.744. The van der Waals surface area contributed by atoms with Gasteiger partial charge in [-0.05, 0) is 49.3 Å². The van der Waals surface area contributed by atoms with Crippen molar-refractivity contribution in [2.45, 2.75) is 19.3 Å². The van der Waals surface area contributed by atoms with Crippen LogP contribution in [0.2, 0.25) is 10.0 Å². The number of fused-ring (bicyclic) bond motifs is 5. The van der Waals surface area contributed by atoms with E-state index in [1.54, 1.807) is 18.2 Å². The van der Waals surface area contributed by atoms with E-state index in [9.17, 15) is 9.59 Å². The third kappa shape index (κ3) is 1.54. The van der Waals surface area contributed by atoms with Crippen LogP contribution >= 0.6 is 23.2 Å². The largest absolute Gasteiger partial charge is 0.274 e. The van der Waals surface area contributed by atoms with Gasteiger partial charge in [-0.2, -0.15) is 0 Å². The number of amides is 2. The zero-order chi connectivity index (χ0) is 14.0. The van der Waals surface area contributed by atoms with Crippen molar-refractivity contribution in [3.8, 4) is 0 Å². The first kappa shape index (κ1) is 12.7. The molecule has 0 aromatic heterocycles. The Morgan fingerprint density at radius 3 is 2.15 bits per heavy atom. The molecule has 4 rings (SSSR count). The lowest BCUT2D eigenvalue weighted by Crippen LogP contribution is -2.32. The van der Waals surface area contributed by atoms with Crippen molar-refractivity contribution in [1.82, 2.24) is 0 Å². The lowest BCUT2D eigenvalue weighted by molar-refractivity contribution is -0.123. The number of halogens is 2. The van der Waals surface area contributed by atoms with Crippen LogP contribution in [0.25, 0.3) is 0 Å². The number of carbonyl (C=O) groups is 2. The van der Waals surface area contributed by atoms with Gasteiger partial charge in [0.15, 0.2) is 0 Å². The lowest BCUT2D eigenvalue weighted by atomic mass is 9.81. The Balaban J connectivity index is 1.77. The Morgan fingerprint density at radius 2 is 1.60 bits per heavy atom. The number of anilines is 1. The molecule has 0 unspecified atom stereocenters. The molecule has 1 aliphatic heterocycles. The van der Waals surface area contributed by atoms with Crippen molar-refractivity contribution >= 4 is 40.7 Å². The molecule has 4 atom stereocenters. The van der Waals surface area contributed by atoms with Crippen LogP contribution in [0.5, 0.6) is 0 Å². The Hall–Kier alpha value is -1.06. The number of nitrogens with zero attached hydrogens (tertiary/aromatic N) is 1. The summed E-state index contributed by atoms with van der Waals surface area (Å²) in [4.78, 5) is 26.6. The third-order valence-electron chi connectivity index (χ3n) is 5.08. The zero-order valence-corrected chi connectivity index (χ0v) is 12.2. The van der Waals surface area contributed by atoms with E-state index in [0.29, 0.717) is 27.6 Å². The molecule has 1 heterocycles. The van der Waals surface area contributed by atoms with Crippen molar-refractivity contribution in [2.24, 2.45) is 23.7 Å². The van der Waals surface area contributed by atoms with Crippen LogP contribution < -0.4 is 4.90 Å². The Kier molecular flexibility index (Phi) is 2.67. The number of hydrogen-bond donors (Lipinski definition) is 0. The maximum atomic E-state index is 12.6. The van der Waals surface area contributed by atoms with Gasteiger partial charge in [0.05, 0.1) is 22.5 Å². The molecule has 0 spiro atoms. The molecule has 3 fully saturated rings. The molecule has 2 aliphatic carbocycles. The molecule has 3 nitrogen and oxygen atoms in total. The molecule has 1 saturated heterocycles. The minimum atomic E-state index is -0.118. The standard InChI is InChI=1S/C15H13Cl2NO2/c16-9-3-4-11(10(17)6-9)18-14(19)12-7-1-2-8(5-7)13(12)15(18)20/h3-4,6-8,12-13H,1-2,5H2/t7-,8-,12+,13+/m1/s1. The van der Waals surface area contributed by atoms with Gasteiger partial charge in [-0.3, -0.25) is 9.59 Å². The van der Waals surface area contributed by atoms with Gasteiger partial charge in [0.25, 0.3) is 0 Å². The Morgan fingerprint density at radius 1 is 1.00 bits per heavy atom. The second kappa shape index (κ2) is 4.22. The van der Waals surface area contributed by atoms with E-state index in [-0.39, 0.29) is 23.7 Å². The average Bonchev–Trinajstić information content (AvgIpc) is 3.06. The van der Waals surface area contributed by atoms with Gasteiger partial charge in [0.2, 0.25) is 11.8 Å². The van der Waals surface area contributed by atoms with E-state index < -0.39 is 0 Å². The van der Waals surface area contributed by atoms with Crippen LogP contribution in [0.4, 0.5) is 5.69 Å². The summed E-state index contributed by atoms with van der Waals surface area (Å²) in [5, 5.41) is 0.852. The number of rotatable bonds is 1. The summed E-state index contributed by atoms with van der Waals surface area (Å²) in [5.74, 6) is 0.392. The number of hydrogen-bond acceptors (Lipinski definition) is 2. The summed E-state index contributed by atoms with van der Waals surface area (Å²) in [5.41, 5.74) is 0.472. The van der Waals surface area contributed by atoms with Gasteiger partial charge in [0.1, 0.15) is 0 Å². The average molecular weight is 310 g/mol. The topological polar surface area (TPSA) is 37.4 Å². The summed E-state index contributed by atoms with van der Waals surface area (Å²) in [6.45, 7) is 0. The zero-order valence-electron chi connectivity index (χ0n) is 10.7. The fraction of sp³-hybridized carbons (Fsp3) is 0.467. The van der Waals surface area contributed by atoms with Gasteiger partial charge in [0, 0.05) is 5.02 Å². The Bertz CT molecular complexity index is 602. The molecule has 1 aromatic carbocycles. The maximum absolute atomic E-state index is 12.6. The highest BCUT2D eigenvalue weighted by molar-refractivity contribution is 6.38. The highest BCUT2D eigenvalue weighted by Gasteiger charge is 2.61. The van der Waals surface area contributed by atoms with Crippen molar-refractivity contribution in [1.29, 1.82) is 0 Å². The first-order chi connectivity index (χ1) is 9.58. The second-order valence-electron chi connectivity index (χ2n) is 5.99. The highest BCUT2D eigenvalue weighted by Crippen LogP contribution is 2.57. The van der Waals surface area contributed by atoms with Crippen LogP contribution in [0.3, 0.4) is 0 Å². The molecule has 5 heteroatoms. The molecule has 1 aromatic rings. The SMILES string of the molecule is O=C1[C@H]2[C@@H]3CC[C@H](C3)[C@@H]2C(=O)N1c1ccc(Cl)cc1Cl. The first-order valence-corrected chi connectivity index (χ1v) is 7.66. The van der Waals surface area contributed by atoms with Crippen LogP contribution in [0.15, 0.2) is 18.2 Å². The summed E-state index contributed by atoms with van der Waals surface area (Å²) in [6.07, 6.45) is 3.19. The molecular weight excluding hydrogens is 297 g/mol. The number of benzene rings is 1. The monoisotopic (exact) mass is 309 g/mol. The van der Waals surface area contributed by atoms with E-state index in [4.69, 9.17) is 23.2 Å². The maximum Gasteiger partial charge on any atom is 0.238 e. The molecular formula is C15H13Cl2NO2. The van der Waals surface area contributed by atoms with Gasteiger partial charge < -0.3 is 0 Å². The van der Waals surface area contributed by atoms with Crippen molar-refractivity contribution in [3.63, 3.8) is 0 Å². The van der Waals surface area contributed by atoms with Gasteiger partial charge in [-0.15, -0.1) is 0 Å². The smallest absolute Gasteiger partial charge is 0.238 e. The summed E-state index contributed by atoms with van der Waals surface area (Å²) >= 11 is 12.0. The van der Waals surface area contributed by atoms with E-state index in [1.165, 1.54) is 4.90 Å². The molecule has 104 valence electrons. The minimum absolute atomic E-state index is 0.0728. The minimum Gasteiger partial charge on any atom is -0.274 e. The first-order valence-electron chi connectivity index (χ1n) is 6.91. The predicted molar refractivity (Wildman–Crippen MR) is 76.8 cm³/mol. The molecule has 3 aliphatic rings. The molecule has 2 saturated carbocycles. The summed E-state index contributed by atoms with van der Waals surface area (Å²) in [6, 6.07) is 4.89. The van der Waals surface area contributed by atoms with Gasteiger partial charge >= 0.3 is 0 Å². The van der Waals surface area contributed by atoms with Crippen LogP contribution in [0.1, 0.15) is 19.3 Å². The Labute approximate surface area is 126 Å². The molecule has 2 amide bonds. The molecule has 2 bridgehead atoms. The molecule has 0 radical (unpaired) electrons. The van der Waals surface area contributed by atoms with Gasteiger partial charge in [-0.1, -0.05) is 23.2 Å². The van der Waals surface area contributed by atoms with Gasteiger partial charge in [-0.25, -0.2) is 4.90 Å². The van der Waals surface area contributed by atoms with E-state index in [2.05, 4.69) is 0 Å².